The van der Waals surface area contributed by atoms with Crippen LogP contribution >= 0.6 is 11.3 Å². The van der Waals surface area contributed by atoms with Crippen LogP contribution in [0.2, 0.25) is 0 Å². The lowest BCUT2D eigenvalue weighted by atomic mass is 10.1. The second kappa shape index (κ2) is 4.99. The SMILES string of the molecule is FC(F)(F)c1ccc2sc(-c3nccc4nccnc34)cc2c1. The highest BCUT2D eigenvalue weighted by Gasteiger charge is 2.30. The van der Waals surface area contributed by atoms with E-state index in [0.717, 1.165) is 21.7 Å². The van der Waals surface area contributed by atoms with Gasteiger partial charge in [-0.2, -0.15) is 13.2 Å². The van der Waals surface area contributed by atoms with Gasteiger partial charge < -0.3 is 0 Å². The van der Waals surface area contributed by atoms with E-state index in [9.17, 15) is 13.2 Å². The maximum absolute atomic E-state index is 12.8. The van der Waals surface area contributed by atoms with Gasteiger partial charge >= 0.3 is 6.18 Å². The van der Waals surface area contributed by atoms with Crippen LogP contribution in [0.4, 0.5) is 13.2 Å². The number of pyridine rings is 1. The van der Waals surface area contributed by atoms with Crippen molar-refractivity contribution in [2.45, 2.75) is 6.18 Å². The van der Waals surface area contributed by atoms with Crippen molar-refractivity contribution in [3.63, 3.8) is 0 Å². The summed E-state index contributed by atoms with van der Waals surface area (Å²) in [6.45, 7) is 0. The normalized spacial score (nSPS) is 12.1. The molecule has 23 heavy (non-hydrogen) atoms. The van der Waals surface area contributed by atoms with E-state index in [-0.39, 0.29) is 0 Å². The van der Waals surface area contributed by atoms with E-state index >= 15 is 0 Å². The van der Waals surface area contributed by atoms with Crippen LogP contribution in [0.3, 0.4) is 0 Å². The molecule has 0 unspecified atom stereocenters. The quantitative estimate of drug-likeness (QED) is 0.497. The molecule has 0 aliphatic heterocycles. The fourth-order valence-corrected chi connectivity index (χ4v) is 3.45. The average molecular weight is 331 g/mol. The summed E-state index contributed by atoms with van der Waals surface area (Å²) in [5, 5.41) is 0.544. The highest BCUT2D eigenvalue weighted by atomic mass is 32.1. The molecular formula is C16H8F3N3S. The Morgan fingerprint density at radius 3 is 2.52 bits per heavy atom. The van der Waals surface area contributed by atoms with Gasteiger partial charge in [0.15, 0.2) is 0 Å². The lowest BCUT2D eigenvalue weighted by Crippen LogP contribution is -2.03. The van der Waals surface area contributed by atoms with Crippen LogP contribution in [0.15, 0.2) is 48.9 Å². The summed E-state index contributed by atoms with van der Waals surface area (Å²) in [6, 6.07) is 7.21. The Balaban J connectivity index is 1.92. The number of benzene rings is 1. The van der Waals surface area contributed by atoms with Crippen molar-refractivity contribution in [3.8, 4) is 10.6 Å². The van der Waals surface area contributed by atoms with Gasteiger partial charge in [-0.25, -0.2) is 0 Å². The molecule has 1 aromatic carbocycles. The molecule has 114 valence electrons. The molecule has 4 rings (SSSR count). The van der Waals surface area contributed by atoms with Gasteiger partial charge in [0.2, 0.25) is 0 Å². The van der Waals surface area contributed by atoms with Crippen molar-refractivity contribution in [2.24, 2.45) is 0 Å². The van der Waals surface area contributed by atoms with Crippen molar-refractivity contribution < 1.29 is 13.2 Å². The van der Waals surface area contributed by atoms with Crippen molar-refractivity contribution in [2.75, 3.05) is 0 Å². The number of aromatic nitrogens is 3. The standard InChI is InChI=1S/C16H8F3N3S/c17-16(18,19)10-1-2-12-9(7-10)8-13(23-12)15-14-11(3-4-21-15)20-5-6-22-14/h1-8H. The van der Waals surface area contributed by atoms with Crippen LogP contribution in [-0.2, 0) is 6.18 Å². The summed E-state index contributed by atoms with van der Waals surface area (Å²) in [7, 11) is 0. The molecule has 7 heteroatoms. The number of hydrogen-bond donors (Lipinski definition) is 0. The number of thiophene rings is 1. The van der Waals surface area contributed by atoms with Crippen molar-refractivity contribution in [1.29, 1.82) is 0 Å². The Labute approximate surface area is 132 Å². The van der Waals surface area contributed by atoms with Gasteiger partial charge in [-0.05, 0) is 35.7 Å². The molecule has 0 aliphatic rings. The maximum atomic E-state index is 12.8. The molecule has 0 amide bonds. The molecule has 0 bridgehead atoms. The lowest BCUT2D eigenvalue weighted by molar-refractivity contribution is -0.137. The Bertz CT molecular complexity index is 1020. The van der Waals surface area contributed by atoms with Gasteiger partial charge in [-0.1, -0.05) is 0 Å². The average Bonchev–Trinajstić information content (AvgIpc) is 2.96. The Morgan fingerprint density at radius 1 is 0.870 bits per heavy atom. The molecule has 3 heterocycles. The first-order valence-corrected chi connectivity index (χ1v) is 7.51. The van der Waals surface area contributed by atoms with Gasteiger partial charge in [0.05, 0.1) is 16.0 Å². The molecule has 0 saturated heterocycles. The van der Waals surface area contributed by atoms with Crippen LogP contribution in [-0.4, -0.2) is 15.0 Å². The van der Waals surface area contributed by atoms with Crippen LogP contribution in [0, 0.1) is 0 Å². The van der Waals surface area contributed by atoms with E-state index in [4.69, 9.17) is 0 Å². The van der Waals surface area contributed by atoms with Gasteiger partial charge in [-0.15, -0.1) is 11.3 Å². The van der Waals surface area contributed by atoms with Crippen molar-refractivity contribution >= 4 is 32.5 Å². The van der Waals surface area contributed by atoms with Gasteiger partial charge in [0, 0.05) is 23.3 Å². The Morgan fingerprint density at radius 2 is 1.70 bits per heavy atom. The second-order valence-corrected chi connectivity index (χ2v) is 6.03. The van der Waals surface area contributed by atoms with Crippen LogP contribution in [0.5, 0.6) is 0 Å². The minimum atomic E-state index is -4.35. The number of fused-ring (bicyclic) bond motifs is 2. The molecular weight excluding hydrogens is 323 g/mol. The lowest BCUT2D eigenvalue weighted by Gasteiger charge is -2.05. The molecule has 4 aromatic rings. The van der Waals surface area contributed by atoms with Crippen LogP contribution < -0.4 is 0 Å². The van der Waals surface area contributed by atoms with Crippen LogP contribution in [0.25, 0.3) is 31.7 Å². The molecule has 0 atom stereocenters. The zero-order valence-electron chi connectivity index (χ0n) is 11.5. The van der Waals surface area contributed by atoms with E-state index in [1.54, 1.807) is 30.7 Å². The maximum Gasteiger partial charge on any atom is 0.416 e. The number of nitrogens with zero attached hydrogens (tertiary/aromatic N) is 3. The summed E-state index contributed by atoms with van der Waals surface area (Å²) in [6.07, 6.45) is 0.437. The number of rotatable bonds is 1. The summed E-state index contributed by atoms with van der Waals surface area (Å²) in [5.41, 5.74) is 1.31. The predicted octanol–water partition coefficient (Wildman–Crippen LogP) is 4.93. The number of halogens is 3. The minimum Gasteiger partial charge on any atom is -0.253 e. The third kappa shape index (κ3) is 2.43. The summed E-state index contributed by atoms with van der Waals surface area (Å²) in [4.78, 5) is 13.6. The van der Waals surface area contributed by atoms with E-state index in [2.05, 4.69) is 15.0 Å². The zero-order valence-corrected chi connectivity index (χ0v) is 12.3. The largest absolute Gasteiger partial charge is 0.416 e. The van der Waals surface area contributed by atoms with Crippen LogP contribution in [0.1, 0.15) is 5.56 Å². The Kier molecular flexibility index (Phi) is 3.05. The Hall–Kier alpha value is -2.54. The van der Waals surface area contributed by atoms with Gasteiger partial charge in [0.25, 0.3) is 0 Å². The van der Waals surface area contributed by atoms with E-state index in [0.29, 0.717) is 22.1 Å². The molecule has 0 radical (unpaired) electrons. The minimum absolute atomic E-state index is 0.544. The fourth-order valence-electron chi connectivity index (χ4n) is 2.41. The zero-order chi connectivity index (χ0) is 16.0. The molecule has 0 spiro atoms. The number of hydrogen-bond acceptors (Lipinski definition) is 4. The first kappa shape index (κ1) is 14.1. The van der Waals surface area contributed by atoms with E-state index in [1.807, 2.05) is 0 Å². The first-order chi connectivity index (χ1) is 11.0. The smallest absolute Gasteiger partial charge is 0.253 e. The first-order valence-electron chi connectivity index (χ1n) is 6.69. The summed E-state index contributed by atoms with van der Waals surface area (Å²) in [5.74, 6) is 0. The van der Waals surface area contributed by atoms with Gasteiger partial charge in [0.1, 0.15) is 11.2 Å². The summed E-state index contributed by atoms with van der Waals surface area (Å²) >= 11 is 1.39. The third-order valence-corrected chi connectivity index (χ3v) is 4.59. The molecule has 3 aromatic heterocycles. The predicted molar refractivity (Wildman–Crippen MR) is 83.2 cm³/mol. The molecule has 0 saturated carbocycles. The molecule has 0 N–H and O–H groups in total. The highest BCUT2D eigenvalue weighted by Crippen LogP contribution is 2.38. The number of alkyl halides is 3. The van der Waals surface area contributed by atoms with Gasteiger partial charge in [-0.3, -0.25) is 15.0 Å². The van der Waals surface area contributed by atoms with E-state index < -0.39 is 11.7 Å². The van der Waals surface area contributed by atoms with E-state index in [1.165, 1.54) is 17.4 Å². The molecule has 3 nitrogen and oxygen atoms in total. The third-order valence-electron chi connectivity index (χ3n) is 3.46. The topological polar surface area (TPSA) is 38.7 Å². The molecule has 0 fully saturated rings. The fraction of sp³-hybridized carbons (Fsp3) is 0.0625. The second-order valence-electron chi connectivity index (χ2n) is 4.94. The monoisotopic (exact) mass is 331 g/mol. The summed E-state index contributed by atoms with van der Waals surface area (Å²) < 4.78 is 39.3. The molecule has 0 aliphatic carbocycles. The highest BCUT2D eigenvalue weighted by molar-refractivity contribution is 7.22. The van der Waals surface area contributed by atoms with Crippen molar-refractivity contribution in [3.05, 3.63) is 54.5 Å². The van der Waals surface area contributed by atoms with Crippen molar-refractivity contribution in [1.82, 2.24) is 15.0 Å².